The second-order valence-corrected chi connectivity index (χ2v) is 6.36. The Morgan fingerprint density at radius 2 is 1.73 bits per heavy atom. The van der Waals surface area contributed by atoms with Gasteiger partial charge in [-0.05, 0) is 36.4 Å². The summed E-state index contributed by atoms with van der Waals surface area (Å²) in [5, 5.41) is 2.54. The summed E-state index contributed by atoms with van der Waals surface area (Å²) in [6.45, 7) is 0.413. The third-order valence-electron chi connectivity index (χ3n) is 3.65. The van der Waals surface area contributed by atoms with Crippen LogP contribution in [-0.2, 0) is 12.6 Å². The first-order chi connectivity index (χ1) is 12.5. The van der Waals surface area contributed by atoms with Crippen molar-refractivity contribution in [2.45, 2.75) is 12.6 Å². The third-order valence-corrected chi connectivity index (χ3v) is 4.59. The first kappa shape index (κ1) is 18.1. The van der Waals surface area contributed by atoms with Gasteiger partial charge in [0.2, 0.25) is 0 Å². The molecule has 0 atom stereocenters. The van der Waals surface area contributed by atoms with Crippen molar-refractivity contribution in [3.8, 4) is 16.3 Å². The van der Waals surface area contributed by atoms with Gasteiger partial charge in [0, 0.05) is 22.9 Å². The quantitative estimate of drug-likeness (QED) is 0.550. The van der Waals surface area contributed by atoms with Gasteiger partial charge in [-0.2, -0.15) is 13.2 Å². The summed E-state index contributed by atoms with van der Waals surface area (Å²) in [5.41, 5.74) is 1.37. The normalized spacial score (nSPS) is 11.3. The van der Waals surface area contributed by atoms with Crippen molar-refractivity contribution in [2.24, 2.45) is 0 Å². The van der Waals surface area contributed by atoms with Gasteiger partial charge >= 0.3 is 6.18 Å². The Labute approximate surface area is 152 Å². The number of benzene rings is 2. The van der Waals surface area contributed by atoms with E-state index in [2.05, 4.69) is 4.98 Å². The second-order valence-electron chi connectivity index (χ2n) is 5.50. The van der Waals surface area contributed by atoms with Crippen LogP contribution in [-0.4, -0.2) is 17.9 Å². The summed E-state index contributed by atoms with van der Waals surface area (Å²) >= 11 is 1.38. The average Bonchev–Trinajstić information content (AvgIpc) is 3.11. The van der Waals surface area contributed by atoms with Crippen molar-refractivity contribution < 1.29 is 22.7 Å². The Kier molecular flexibility index (Phi) is 5.37. The molecule has 0 amide bonds. The van der Waals surface area contributed by atoms with Crippen LogP contribution < -0.4 is 4.74 Å². The van der Waals surface area contributed by atoms with Gasteiger partial charge in [0.25, 0.3) is 0 Å². The lowest BCUT2D eigenvalue weighted by Gasteiger charge is -2.06. The molecule has 0 unspecified atom stereocenters. The van der Waals surface area contributed by atoms with Crippen LogP contribution in [0.3, 0.4) is 0 Å². The van der Waals surface area contributed by atoms with E-state index < -0.39 is 11.7 Å². The summed E-state index contributed by atoms with van der Waals surface area (Å²) in [7, 11) is 0. The number of nitrogens with zero attached hydrogens (tertiary/aromatic N) is 1. The number of aldehydes is 1. The van der Waals surface area contributed by atoms with Gasteiger partial charge in [0.1, 0.15) is 17.0 Å². The molecule has 0 spiro atoms. The number of aromatic nitrogens is 1. The fourth-order valence-corrected chi connectivity index (χ4v) is 3.13. The Bertz CT molecular complexity index is 871. The van der Waals surface area contributed by atoms with Gasteiger partial charge in [-0.3, -0.25) is 4.79 Å². The maximum atomic E-state index is 12.6. The van der Waals surface area contributed by atoms with Crippen molar-refractivity contribution in [2.75, 3.05) is 6.61 Å². The molecule has 1 heterocycles. The highest BCUT2D eigenvalue weighted by Crippen LogP contribution is 2.31. The first-order valence-corrected chi connectivity index (χ1v) is 8.64. The zero-order chi connectivity index (χ0) is 18.6. The molecule has 0 radical (unpaired) electrons. The lowest BCUT2D eigenvalue weighted by atomic mass is 10.1. The maximum absolute atomic E-state index is 12.6. The molecular weight excluding hydrogens is 363 g/mol. The van der Waals surface area contributed by atoms with E-state index in [1.54, 1.807) is 24.3 Å². The Morgan fingerprint density at radius 3 is 2.35 bits per heavy atom. The predicted octanol–water partition coefficient (Wildman–Crippen LogP) is 5.26. The molecule has 0 aliphatic rings. The first-order valence-electron chi connectivity index (χ1n) is 7.76. The molecular formula is C19H14F3NO2S. The number of halogens is 3. The van der Waals surface area contributed by atoms with Gasteiger partial charge in [-0.15, -0.1) is 11.3 Å². The van der Waals surface area contributed by atoms with Crippen molar-refractivity contribution in [1.29, 1.82) is 0 Å². The van der Waals surface area contributed by atoms with E-state index in [1.807, 2.05) is 5.38 Å². The lowest BCUT2D eigenvalue weighted by Crippen LogP contribution is -2.04. The van der Waals surface area contributed by atoms with E-state index in [0.717, 1.165) is 24.1 Å². The SMILES string of the molecule is O=Cc1ccc(OCCc2csc(-c3ccc(C(F)(F)F)cc3)n2)cc1. The number of ether oxygens (including phenoxy) is 1. The van der Waals surface area contributed by atoms with Crippen molar-refractivity contribution >= 4 is 17.6 Å². The Morgan fingerprint density at radius 1 is 1.04 bits per heavy atom. The van der Waals surface area contributed by atoms with Crippen LogP contribution in [0.2, 0.25) is 0 Å². The van der Waals surface area contributed by atoms with E-state index in [4.69, 9.17) is 4.74 Å². The summed E-state index contributed by atoms with van der Waals surface area (Å²) in [6.07, 6.45) is -3.00. The number of hydrogen-bond donors (Lipinski definition) is 0. The molecule has 0 saturated heterocycles. The number of alkyl halides is 3. The minimum Gasteiger partial charge on any atom is -0.493 e. The summed E-state index contributed by atoms with van der Waals surface area (Å²) in [6, 6.07) is 11.8. The summed E-state index contributed by atoms with van der Waals surface area (Å²) in [5.74, 6) is 0.661. The molecule has 0 aliphatic heterocycles. The zero-order valence-corrected chi connectivity index (χ0v) is 14.3. The third kappa shape index (κ3) is 4.49. The number of thiazole rings is 1. The highest BCUT2D eigenvalue weighted by atomic mass is 32.1. The molecule has 0 fully saturated rings. The van der Waals surface area contributed by atoms with Crippen LogP contribution in [0.5, 0.6) is 5.75 Å². The zero-order valence-electron chi connectivity index (χ0n) is 13.5. The van der Waals surface area contributed by atoms with Crippen molar-refractivity contribution in [3.05, 3.63) is 70.7 Å². The molecule has 0 saturated carbocycles. The fraction of sp³-hybridized carbons (Fsp3) is 0.158. The highest BCUT2D eigenvalue weighted by molar-refractivity contribution is 7.13. The van der Waals surface area contributed by atoms with Crippen LogP contribution in [0.15, 0.2) is 53.9 Å². The molecule has 0 N–H and O–H groups in total. The van der Waals surface area contributed by atoms with E-state index in [9.17, 15) is 18.0 Å². The number of carbonyl (C=O) groups is 1. The van der Waals surface area contributed by atoms with Crippen molar-refractivity contribution in [3.63, 3.8) is 0 Å². The summed E-state index contributed by atoms with van der Waals surface area (Å²) in [4.78, 5) is 15.0. The van der Waals surface area contributed by atoms with Crippen LogP contribution in [0.25, 0.3) is 10.6 Å². The largest absolute Gasteiger partial charge is 0.493 e. The lowest BCUT2D eigenvalue weighted by molar-refractivity contribution is -0.137. The van der Waals surface area contributed by atoms with E-state index in [1.165, 1.54) is 23.5 Å². The second kappa shape index (κ2) is 7.70. The van der Waals surface area contributed by atoms with Gasteiger partial charge in [-0.1, -0.05) is 12.1 Å². The Balaban J connectivity index is 1.58. The molecule has 2 aromatic carbocycles. The predicted molar refractivity (Wildman–Crippen MR) is 93.6 cm³/mol. The molecule has 3 aromatic rings. The monoisotopic (exact) mass is 377 g/mol. The standard InChI is InChI=1S/C19H14F3NO2S/c20-19(21,22)15-5-3-14(4-6-15)18-23-16(12-26-18)9-10-25-17-7-1-13(11-24)2-8-17/h1-8,11-12H,9-10H2. The van der Waals surface area contributed by atoms with Crippen LogP contribution in [0, 0.1) is 0 Å². The van der Waals surface area contributed by atoms with Crippen LogP contribution in [0.4, 0.5) is 13.2 Å². The fourth-order valence-electron chi connectivity index (χ4n) is 2.27. The van der Waals surface area contributed by atoms with E-state index in [0.29, 0.717) is 34.9 Å². The number of hydrogen-bond acceptors (Lipinski definition) is 4. The topological polar surface area (TPSA) is 39.2 Å². The average molecular weight is 377 g/mol. The number of rotatable bonds is 6. The summed E-state index contributed by atoms with van der Waals surface area (Å²) < 4.78 is 43.4. The molecule has 7 heteroatoms. The van der Waals surface area contributed by atoms with Gasteiger partial charge < -0.3 is 4.74 Å². The highest BCUT2D eigenvalue weighted by Gasteiger charge is 2.30. The molecule has 134 valence electrons. The minimum atomic E-state index is -4.34. The molecule has 3 rings (SSSR count). The molecule has 26 heavy (non-hydrogen) atoms. The minimum absolute atomic E-state index is 0.413. The molecule has 0 aliphatic carbocycles. The number of carbonyl (C=O) groups excluding carboxylic acids is 1. The van der Waals surface area contributed by atoms with E-state index in [-0.39, 0.29) is 0 Å². The van der Waals surface area contributed by atoms with Crippen LogP contribution in [0.1, 0.15) is 21.6 Å². The van der Waals surface area contributed by atoms with E-state index >= 15 is 0 Å². The van der Waals surface area contributed by atoms with Crippen LogP contribution >= 0.6 is 11.3 Å². The van der Waals surface area contributed by atoms with Crippen molar-refractivity contribution in [1.82, 2.24) is 4.98 Å². The molecule has 3 nitrogen and oxygen atoms in total. The molecule has 1 aromatic heterocycles. The maximum Gasteiger partial charge on any atom is 0.416 e. The molecule has 0 bridgehead atoms. The van der Waals surface area contributed by atoms with Gasteiger partial charge in [0.05, 0.1) is 17.9 Å². The van der Waals surface area contributed by atoms with Gasteiger partial charge in [0.15, 0.2) is 0 Å². The van der Waals surface area contributed by atoms with Gasteiger partial charge in [-0.25, -0.2) is 4.98 Å². The Hall–Kier alpha value is -2.67. The smallest absolute Gasteiger partial charge is 0.416 e.